The van der Waals surface area contributed by atoms with E-state index in [0.717, 1.165) is 42.6 Å². The first-order valence-electron chi connectivity index (χ1n) is 8.32. The number of pyridine rings is 1. The molecular weight excluding hydrogens is 274 g/mol. The Morgan fingerprint density at radius 3 is 2.73 bits per heavy atom. The van der Waals surface area contributed by atoms with Gasteiger partial charge in [0, 0.05) is 30.7 Å². The topological polar surface area (TPSA) is 39.3 Å². The minimum atomic E-state index is 0.0494. The number of hydrogen-bond donors (Lipinski definition) is 1. The molecule has 0 unspecified atom stereocenters. The maximum Gasteiger partial charge on any atom is 0.252 e. The van der Waals surface area contributed by atoms with Gasteiger partial charge in [-0.3, -0.25) is 9.69 Å². The number of benzene rings is 1. The predicted molar refractivity (Wildman–Crippen MR) is 91.2 cm³/mol. The number of aromatic amines is 1. The number of H-pyrrole nitrogens is 1. The first kappa shape index (κ1) is 15.3. The van der Waals surface area contributed by atoms with Crippen LogP contribution in [0.15, 0.2) is 35.1 Å². The van der Waals surface area contributed by atoms with Crippen LogP contribution in [0.2, 0.25) is 0 Å². The third kappa shape index (κ3) is 3.57. The van der Waals surface area contributed by atoms with Gasteiger partial charge in [-0.15, -0.1) is 0 Å². The smallest absolute Gasteiger partial charge is 0.252 e. The molecule has 1 N–H and O–H groups in total. The summed E-state index contributed by atoms with van der Waals surface area (Å²) < 4.78 is 0. The van der Waals surface area contributed by atoms with E-state index in [2.05, 4.69) is 27.8 Å². The van der Waals surface area contributed by atoms with E-state index >= 15 is 0 Å². The fraction of sp³-hybridized carbons (Fsp3) is 0.500. The fourth-order valence-corrected chi connectivity index (χ4v) is 3.27. The third-order valence-corrected chi connectivity index (χ3v) is 4.45. The van der Waals surface area contributed by atoms with Crippen molar-refractivity contribution < 1.29 is 0 Å². The Morgan fingerprint density at radius 1 is 1.09 bits per heavy atom. The standard InChI is InChI=1S/C18H25N3O/c1-2-8-20-9-5-10-21(12-11-20)14-16-13-15-6-3-4-7-17(15)19-18(16)22/h3-4,6-7,13H,2,5,8-12,14H2,1H3,(H,19,22). The van der Waals surface area contributed by atoms with Gasteiger partial charge in [-0.05, 0) is 50.0 Å². The van der Waals surface area contributed by atoms with Crippen molar-refractivity contribution in [1.82, 2.24) is 14.8 Å². The van der Waals surface area contributed by atoms with E-state index in [1.54, 1.807) is 0 Å². The molecule has 1 aromatic carbocycles. The summed E-state index contributed by atoms with van der Waals surface area (Å²) >= 11 is 0. The maximum absolute atomic E-state index is 12.3. The zero-order valence-corrected chi connectivity index (χ0v) is 13.3. The van der Waals surface area contributed by atoms with E-state index in [1.807, 2.05) is 24.3 Å². The summed E-state index contributed by atoms with van der Waals surface area (Å²) in [5.41, 5.74) is 1.84. The normalized spacial score (nSPS) is 17.7. The lowest BCUT2D eigenvalue weighted by Gasteiger charge is -2.21. The molecule has 1 aromatic heterocycles. The zero-order valence-electron chi connectivity index (χ0n) is 13.3. The highest BCUT2D eigenvalue weighted by Crippen LogP contribution is 2.12. The molecule has 1 fully saturated rings. The van der Waals surface area contributed by atoms with E-state index < -0.39 is 0 Å². The van der Waals surface area contributed by atoms with Crippen molar-refractivity contribution in [2.24, 2.45) is 0 Å². The summed E-state index contributed by atoms with van der Waals surface area (Å²) in [6.45, 7) is 8.58. The number of nitrogens with zero attached hydrogens (tertiary/aromatic N) is 2. The number of para-hydroxylation sites is 1. The molecular formula is C18H25N3O. The monoisotopic (exact) mass is 299 g/mol. The van der Waals surface area contributed by atoms with Crippen LogP contribution in [-0.4, -0.2) is 47.5 Å². The molecule has 1 aliphatic heterocycles. The molecule has 22 heavy (non-hydrogen) atoms. The van der Waals surface area contributed by atoms with Gasteiger partial charge < -0.3 is 9.88 Å². The highest BCUT2D eigenvalue weighted by Gasteiger charge is 2.15. The molecule has 4 nitrogen and oxygen atoms in total. The molecule has 0 bridgehead atoms. The van der Waals surface area contributed by atoms with Crippen molar-refractivity contribution in [2.75, 3.05) is 32.7 Å². The summed E-state index contributed by atoms with van der Waals surface area (Å²) in [7, 11) is 0. The van der Waals surface area contributed by atoms with Crippen LogP contribution in [0.5, 0.6) is 0 Å². The molecule has 4 heteroatoms. The second kappa shape index (κ2) is 7.07. The Kier molecular flexibility index (Phi) is 4.90. The Balaban J connectivity index is 1.73. The first-order chi connectivity index (χ1) is 10.8. The van der Waals surface area contributed by atoms with Gasteiger partial charge in [0.1, 0.15) is 0 Å². The van der Waals surface area contributed by atoms with Crippen molar-refractivity contribution in [3.63, 3.8) is 0 Å². The van der Waals surface area contributed by atoms with Crippen molar-refractivity contribution in [1.29, 1.82) is 0 Å². The second-order valence-electron chi connectivity index (χ2n) is 6.18. The average molecular weight is 299 g/mol. The number of hydrogen-bond acceptors (Lipinski definition) is 3. The molecule has 0 aliphatic carbocycles. The van der Waals surface area contributed by atoms with Crippen LogP contribution in [0.4, 0.5) is 0 Å². The first-order valence-corrected chi connectivity index (χ1v) is 8.32. The number of fused-ring (bicyclic) bond motifs is 1. The van der Waals surface area contributed by atoms with E-state index in [1.165, 1.54) is 25.9 Å². The van der Waals surface area contributed by atoms with Crippen molar-refractivity contribution in [3.05, 3.63) is 46.2 Å². The Labute approximate surface area is 131 Å². The Hall–Kier alpha value is -1.65. The maximum atomic E-state index is 12.3. The quantitative estimate of drug-likeness (QED) is 0.942. The summed E-state index contributed by atoms with van der Waals surface area (Å²) in [4.78, 5) is 20.2. The number of aromatic nitrogens is 1. The molecule has 0 saturated carbocycles. The van der Waals surface area contributed by atoms with Crippen LogP contribution in [0, 0.1) is 0 Å². The van der Waals surface area contributed by atoms with Crippen LogP contribution < -0.4 is 5.56 Å². The molecule has 0 spiro atoms. The molecule has 1 aliphatic rings. The predicted octanol–water partition coefficient (Wildman–Crippen LogP) is 2.45. The van der Waals surface area contributed by atoms with Crippen LogP contribution in [-0.2, 0) is 6.54 Å². The van der Waals surface area contributed by atoms with E-state index in [9.17, 15) is 4.79 Å². The van der Waals surface area contributed by atoms with Crippen molar-refractivity contribution in [2.45, 2.75) is 26.3 Å². The van der Waals surface area contributed by atoms with Crippen molar-refractivity contribution in [3.8, 4) is 0 Å². The van der Waals surface area contributed by atoms with Gasteiger partial charge in [0.2, 0.25) is 0 Å². The zero-order chi connectivity index (χ0) is 15.4. The van der Waals surface area contributed by atoms with Gasteiger partial charge in [-0.25, -0.2) is 0 Å². The molecule has 0 amide bonds. The molecule has 2 heterocycles. The van der Waals surface area contributed by atoms with Gasteiger partial charge in [-0.1, -0.05) is 25.1 Å². The van der Waals surface area contributed by atoms with Crippen LogP contribution in [0.1, 0.15) is 25.3 Å². The minimum Gasteiger partial charge on any atom is -0.322 e. The number of rotatable bonds is 4. The van der Waals surface area contributed by atoms with Crippen LogP contribution >= 0.6 is 0 Å². The average Bonchev–Trinajstić information content (AvgIpc) is 2.74. The van der Waals surface area contributed by atoms with Crippen molar-refractivity contribution >= 4 is 10.9 Å². The van der Waals surface area contributed by atoms with E-state index in [-0.39, 0.29) is 5.56 Å². The lowest BCUT2D eigenvalue weighted by molar-refractivity contribution is 0.251. The molecule has 2 aromatic rings. The van der Waals surface area contributed by atoms with Crippen LogP contribution in [0.25, 0.3) is 10.9 Å². The molecule has 0 radical (unpaired) electrons. The molecule has 1 saturated heterocycles. The highest BCUT2D eigenvalue weighted by molar-refractivity contribution is 5.78. The Morgan fingerprint density at radius 2 is 1.86 bits per heavy atom. The summed E-state index contributed by atoms with van der Waals surface area (Å²) in [5, 5.41) is 1.11. The second-order valence-corrected chi connectivity index (χ2v) is 6.18. The summed E-state index contributed by atoms with van der Waals surface area (Å²) in [6, 6.07) is 10.0. The summed E-state index contributed by atoms with van der Waals surface area (Å²) in [5.74, 6) is 0. The Bertz CT molecular complexity index is 679. The molecule has 118 valence electrons. The van der Waals surface area contributed by atoms with E-state index in [4.69, 9.17) is 0 Å². The number of nitrogens with one attached hydrogen (secondary N) is 1. The third-order valence-electron chi connectivity index (χ3n) is 4.45. The molecule has 0 atom stereocenters. The largest absolute Gasteiger partial charge is 0.322 e. The van der Waals surface area contributed by atoms with Gasteiger partial charge in [0.25, 0.3) is 5.56 Å². The fourth-order valence-electron chi connectivity index (χ4n) is 3.27. The van der Waals surface area contributed by atoms with Crippen LogP contribution in [0.3, 0.4) is 0 Å². The lowest BCUT2D eigenvalue weighted by atomic mass is 10.1. The van der Waals surface area contributed by atoms with E-state index in [0.29, 0.717) is 0 Å². The minimum absolute atomic E-state index is 0.0494. The van der Waals surface area contributed by atoms with Gasteiger partial charge in [-0.2, -0.15) is 0 Å². The van der Waals surface area contributed by atoms with Gasteiger partial charge >= 0.3 is 0 Å². The highest BCUT2D eigenvalue weighted by atomic mass is 16.1. The van der Waals surface area contributed by atoms with Gasteiger partial charge in [0.15, 0.2) is 0 Å². The SMILES string of the molecule is CCCN1CCCN(Cc2cc3ccccc3[nH]c2=O)CC1. The summed E-state index contributed by atoms with van der Waals surface area (Å²) in [6.07, 6.45) is 2.40. The van der Waals surface area contributed by atoms with Gasteiger partial charge in [0.05, 0.1) is 0 Å². The lowest BCUT2D eigenvalue weighted by Crippen LogP contribution is -2.32. The molecule has 3 rings (SSSR count).